The highest BCUT2D eigenvalue weighted by atomic mass is 16.5. The predicted octanol–water partition coefficient (Wildman–Crippen LogP) is 1.55. The summed E-state index contributed by atoms with van der Waals surface area (Å²) >= 11 is 0. The fourth-order valence-electron chi connectivity index (χ4n) is 4.02. The van der Waals surface area contributed by atoms with E-state index < -0.39 is 0 Å². The maximum absolute atomic E-state index is 12.9. The molecule has 1 N–H and O–H groups in total. The minimum Gasteiger partial charge on any atom is -0.378 e. The van der Waals surface area contributed by atoms with Crippen LogP contribution in [0.5, 0.6) is 0 Å². The Labute approximate surface area is 153 Å². The highest BCUT2D eigenvalue weighted by molar-refractivity contribution is 6.02. The number of likely N-dealkylation sites (tertiary alicyclic amines) is 1. The van der Waals surface area contributed by atoms with Crippen molar-refractivity contribution in [2.24, 2.45) is 5.92 Å². The first kappa shape index (κ1) is 18.6. The number of carbonyl (C=O) groups is 3. The molecule has 3 rings (SSSR count). The highest BCUT2D eigenvalue weighted by Crippen LogP contribution is 2.24. The summed E-state index contributed by atoms with van der Waals surface area (Å²) in [5, 5.41) is 0. The number of nitrogens with one attached hydrogen (secondary N) is 1. The zero-order valence-electron chi connectivity index (χ0n) is 15.8. The number of aromatic amines is 1. The summed E-state index contributed by atoms with van der Waals surface area (Å²) in [6, 6.07) is 0. The van der Waals surface area contributed by atoms with Gasteiger partial charge < -0.3 is 19.5 Å². The minimum absolute atomic E-state index is 0.0172. The van der Waals surface area contributed by atoms with Crippen LogP contribution < -0.4 is 0 Å². The van der Waals surface area contributed by atoms with Gasteiger partial charge in [0, 0.05) is 43.4 Å². The second-order valence-electron chi connectivity index (χ2n) is 7.19. The monoisotopic (exact) mass is 361 g/mol. The highest BCUT2D eigenvalue weighted by Gasteiger charge is 2.32. The lowest BCUT2D eigenvalue weighted by Gasteiger charge is -2.35. The number of H-pyrrole nitrogens is 1. The number of rotatable bonds is 3. The number of ether oxygens (including phenoxy) is 1. The number of morpholine rings is 1. The number of aryl methyl sites for hydroxylation is 1. The number of carbonyl (C=O) groups excluding carboxylic acids is 3. The lowest BCUT2D eigenvalue weighted by Crippen LogP contribution is -2.47. The Morgan fingerprint density at radius 3 is 2.15 bits per heavy atom. The van der Waals surface area contributed by atoms with Crippen LogP contribution in [0, 0.1) is 19.8 Å². The van der Waals surface area contributed by atoms with Crippen LogP contribution in [0.2, 0.25) is 0 Å². The maximum atomic E-state index is 12.9. The van der Waals surface area contributed by atoms with E-state index in [9.17, 15) is 14.4 Å². The molecule has 2 amide bonds. The van der Waals surface area contributed by atoms with Crippen LogP contribution >= 0.6 is 0 Å². The second-order valence-corrected chi connectivity index (χ2v) is 7.19. The Hall–Kier alpha value is -2.15. The summed E-state index contributed by atoms with van der Waals surface area (Å²) in [6.07, 6.45) is 1.36. The van der Waals surface area contributed by atoms with Gasteiger partial charge in [0.2, 0.25) is 5.91 Å². The van der Waals surface area contributed by atoms with E-state index in [2.05, 4.69) is 4.98 Å². The van der Waals surface area contributed by atoms with Gasteiger partial charge in [-0.3, -0.25) is 14.4 Å². The molecule has 0 radical (unpaired) electrons. The van der Waals surface area contributed by atoms with Crippen LogP contribution in [-0.2, 0) is 9.53 Å². The van der Waals surface area contributed by atoms with Crippen molar-refractivity contribution in [1.82, 2.24) is 14.8 Å². The van der Waals surface area contributed by atoms with Crippen molar-refractivity contribution in [3.8, 4) is 0 Å². The standard InChI is InChI=1S/C19H27N3O4/c1-12-16(14(3)23)13(2)20-17(12)19(25)21-6-4-15(5-7-21)18(24)22-8-10-26-11-9-22/h15,20H,4-11H2,1-3H3. The number of nitrogens with zero attached hydrogens (tertiary/aromatic N) is 2. The van der Waals surface area contributed by atoms with Gasteiger partial charge in [0.15, 0.2) is 5.78 Å². The number of piperidine rings is 1. The Bertz CT molecular complexity index is 711. The summed E-state index contributed by atoms with van der Waals surface area (Å²) in [7, 11) is 0. The largest absolute Gasteiger partial charge is 0.378 e. The summed E-state index contributed by atoms with van der Waals surface area (Å²) in [5.41, 5.74) is 2.54. The Balaban J connectivity index is 1.63. The van der Waals surface area contributed by atoms with Gasteiger partial charge in [-0.15, -0.1) is 0 Å². The van der Waals surface area contributed by atoms with Crippen LogP contribution in [0.15, 0.2) is 0 Å². The summed E-state index contributed by atoms with van der Waals surface area (Å²) in [4.78, 5) is 44.0. The van der Waals surface area contributed by atoms with Gasteiger partial charge in [0.25, 0.3) is 5.91 Å². The van der Waals surface area contributed by atoms with Crippen molar-refractivity contribution in [3.05, 3.63) is 22.5 Å². The quantitative estimate of drug-likeness (QED) is 0.828. The first-order valence-corrected chi connectivity index (χ1v) is 9.26. The van der Waals surface area contributed by atoms with Crippen molar-refractivity contribution in [2.75, 3.05) is 39.4 Å². The van der Waals surface area contributed by atoms with Crippen molar-refractivity contribution in [3.63, 3.8) is 0 Å². The number of Topliss-reactive ketones (excluding diaryl/α,β-unsaturated/α-hetero) is 1. The summed E-state index contributed by atoms with van der Waals surface area (Å²) in [5.74, 6) is 0.0445. The smallest absolute Gasteiger partial charge is 0.270 e. The van der Waals surface area contributed by atoms with Crippen LogP contribution in [0.3, 0.4) is 0 Å². The van der Waals surface area contributed by atoms with E-state index >= 15 is 0 Å². The average Bonchev–Trinajstić information content (AvgIpc) is 2.95. The molecule has 142 valence electrons. The van der Waals surface area contributed by atoms with E-state index in [4.69, 9.17) is 4.74 Å². The molecule has 7 heteroatoms. The van der Waals surface area contributed by atoms with Crippen molar-refractivity contribution in [1.29, 1.82) is 0 Å². The number of aromatic nitrogens is 1. The van der Waals surface area contributed by atoms with Crippen LogP contribution in [0.25, 0.3) is 0 Å². The van der Waals surface area contributed by atoms with Gasteiger partial charge in [-0.2, -0.15) is 0 Å². The number of ketones is 1. The third-order valence-corrected chi connectivity index (χ3v) is 5.46. The van der Waals surface area contributed by atoms with Gasteiger partial charge in [-0.1, -0.05) is 0 Å². The van der Waals surface area contributed by atoms with Crippen LogP contribution in [0.4, 0.5) is 0 Å². The molecule has 2 aliphatic heterocycles. The maximum Gasteiger partial charge on any atom is 0.270 e. The molecule has 0 bridgehead atoms. The zero-order chi connectivity index (χ0) is 18.8. The molecule has 0 atom stereocenters. The van der Waals surface area contributed by atoms with Gasteiger partial charge >= 0.3 is 0 Å². The van der Waals surface area contributed by atoms with E-state index in [0.717, 1.165) is 5.69 Å². The van der Waals surface area contributed by atoms with E-state index in [0.29, 0.717) is 69.1 Å². The molecule has 2 aliphatic rings. The van der Waals surface area contributed by atoms with Gasteiger partial charge in [0.1, 0.15) is 5.69 Å². The first-order chi connectivity index (χ1) is 12.4. The number of amides is 2. The molecule has 2 fully saturated rings. The van der Waals surface area contributed by atoms with E-state index in [1.807, 2.05) is 18.7 Å². The van der Waals surface area contributed by atoms with Crippen molar-refractivity contribution < 1.29 is 19.1 Å². The molecule has 3 heterocycles. The molecule has 0 aromatic carbocycles. The fraction of sp³-hybridized carbons (Fsp3) is 0.632. The van der Waals surface area contributed by atoms with E-state index in [-0.39, 0.29) is 23.5 Å². The number of hydrogen-bond donors (Lipinski definition) is 1. The fourth-order valence-corrected chi connectivity index (χ4v) is 4.02. The van der Waals surface area contributed by atoms with Gasteiger partial charge in [-0.05, 0) is 39.2 Å². The third kappa shape index (κ3) is 3.53. The molecule has 2 saturated heterocycles. The topological polar surface area (TPSA) is 82.7 Å². The molecule has 1 aromatic heterocycles. The molecule has 0 aliphatic carbocycles. The van der Waals surface area contributed by atoms with Crippen LogP contribution in [0.1, 0.15) is 51.9 Å². The lowest BCUT2D eigenvalue weighted by atomic mass is 9.94. The Morgan fingerprint density at radius 2 is 1.62 bits per heavy atom. The first-order valence-electron chi connectivity index (χ1n) is 9.26. The Kier molecular flexibility index (Phi) is 5.46. The van der Waals surface area contributed by atoms with E-state index in [1.54, 1.807) is 4.90 Å². The third-order valence-electron chi connectivity index (χ3n) is 5.46. The minimum atomic E-state index is -0.0876. The van der Waals surface area contributed by atoms with Crippen LogP contribution in [-0.4, -0.2) is 71.8 Å². The lowest BCUT2D eigenvalue weighted by molar-refractivity contribution is -0.141. The second kappa shape index (κ2) is 7.61. The average molecular weight is 361 g/mol. The van der Waals surface area contributed by atoms with Gasteiger partial charge in [0.05, 0.1) is 13.2 Å². The zero-order valence-corrected chi connectivity index (χ0v) is 15.8. The molecule has 26 heavy (non-hydrogen) atoms. The molecule has 0 unspecified atom stereocenters. The molecule has 7 nitrogen and oxygen atoms in total. The molecule has 0 spiro atoms. The van der Waals surface area contributed by atoms with Gasteiger partial charge in [-0.25, -0.2) is 0 Å². The van der Waals surface area contributed by atoms with Crippen molar-refractivity contribution in [2.45, 2.75) is 33.6 Å². The normalized spacial score (nSPS) is 18.9. The molecular weight excluding hydrogens is 334 g/mol. The molecule has 1 aromatic rings. The van der Waals surface area contributed by atoms with Crippen molar-refractivity contribution >= 4 is 17.6 Å². The Morgan fingerprint density at radius 1 is 1.00 bits per heavy atom. The predicted molar refractivity (Wildman–Crippen MR) is 96.3 cm³/mol. The molecule has 0 saturated carbocycles. The summed E-state index contributed by atoms with van der Waals surface area (Å²) in [6.45, 7) is 8.79. The molecular formula is C19H27N3O4. The number of hydrogen-bond acceptors (Lipinski definition) is 4. The van der Waals surface area contributed by atoms with E-state index in [1.165, 1.54) is 6.92 Å². The SMILES string of the molecule is CC(=O)c1c(C)[nH]c(C(=O)N2CCC(C(=O)N3CCOCC3)CC2)c1C. The summed E-state index contributed by atoms with van der Waals surface area (Å²) < 4.78 is 5.30.